The summed E-state index contributed by atoms with van der Waals surface area (Å²) in [5.74, 6) is 2.75. The van der Waals surface area contributed by atoms with Gasteiger partial charge in [0.2, 0.25) is 0 Å². The Balaban J connectivity index is 2.27. The maximum Gasteiger partial charge on any atom is -0.00487 e. The van der Waals surface area contributed by atoms with Crippen molar-refractivity contribution < 1.29 is 0 Å². The molecule has 1 saturated carbocycles. The fourth-order valence-corrected chi connectivity index (χ4v) is 3.46. The van der Waals surface area contributed by atoms with Crippen LogP contribution in [0, 0.1) is 17.8 Å². The molecule has 0 aromatic rings. The van der Waals surface area contributed by atoms with E-state index in [-0.39, 0.29) is 0 Å². The van der Waals surface area contributed by atoms with Crippen LogP contribution < -0.4 is 5.73 Å². The van der Waals surface area contributed by atoms with E-state index in [9.17, 15) is 0 Å². The van der Waals surface area contributed by atoms with Gasteiger partial charge in [0.05, 0.1) is 0 Å². The predicted molar refractivity (Wildman–Crippen MR) is 77.0 cm³/mol. The van der Waals surface area contributed by atoms with Crippen LogP contribution in [-0.2, 0) is 0 Å². The largest absolute Gasteiger partial charge is 0.330 e. The molecule has 2 atom stereocenters. The number of hydrogen-bond donors (Lipinski definition) is 1. The molecule has 0 aromatic carbocycles. The van der Waals surface area contributed by atoms with Crippen LogP contribution >= 0.6 is 0 Å². The van der Waals surface area contributed by atoms with Crippen LogP contribution in [0.3, 0.4) is 0 Å². The molecule has 1 rings (SSSR count). The molecule has 2 unspecified atom stereocenters. The molecule has 0 amide bonds. The zero-order chi connectivity index (χ0) is 12.5. The molecule has 1 heteroatoms. The van der Waals surface area contributed by atoms with Crippen LogP contribution in [0.4, 0.5) is 0 Å². The van der Waals surface area contributed by atoms with Crippen molar-refractivity contribution in [3.8, 4) is 0 Å². The molecule has 2 N–H and O–H groups in total. The molecule has 0 spiro atoms. The molecule has 0 saturated heterocycles. The van der Waals surface area contributed by atoms with Crippen molar-refractivity contribution in [1.29, 1.82) is 0 Å². The van der Waals surface area contributed by atoms with Crippen LogP contribution in [0.5, 0.6) is 0 Å². The summed E-state index contributed by atoms with van der Waals surface area (Å²) in [6.07, 6.45) is 14.2. The third-order valence-electron chi connectivity index (χ3n) is 4.68. The molecule has 0 bridgehead atoms. The van der Waals surface area contributed by atoms with Gasteiger partial charge in [0, 0.05) is 0 Å². The molecule has 1 nitrogen and oxygen atoms in total. The van der Waals surface area contributed by atoms with Gasteiger partial charge in [-0.2, -0.15) is 0 Å². The molecule has 1 aliphatic rings. The average Bonchev–Trinajstić information content (AvgIpc) is 2.85. The number of unbranched alkanes of at least 4 members (excludes halogenated alkanes) is 1. The first-order valence-electron chi connectivity index (χ1n) is 8.00. The average molecular weight is 239 g/mol. The van der Waals surface area contributed by atoms with E-state index in [1.165, 1.54) is 64.2 Å². The quantitative estimate of drug-likeness (QED) is 0.617. The van der Waals surface area contributed by atoms with Gasteiger partial charge in [-0.15, -0.1) is 0 Å². The zero-order valence-corrected chi connectivity index (χ0v) is 12.1. The van der Waals surface area contributed by atoms with Crippen molar-refractivity contribution in [1.82, 2.24) is 0 Å². The summed E-state index contributed by atoms with van der Waals surface area (Å²) in [6, 6.07) is 0. The zero-order valence-electron chi connectivity index (χ0n) is 12.1. The van der Waals surface area contributed by atoms with Gasteiger partial charge in [-0.05, 0) is 37.1 Å². The molecule has 1 aliphatic carbocycles. The lowest BCUT2D eigenvalue weighted by Crippen LogP contribution is -2.20. The Morgan fingerprint density at radius 1 is 1.12 bits per heavy atom. The van der Waals surface area contributed by atoms with E-state index < -0.39 is 0 Å². The first kappa shape index (κ1) is 15.0. The Morgan fingerprint density at radius 2 is 1.82 bits per heavy atom. The van der Waals surface area contributed by atoms with Crippen LogP contribution in [-0.4, -0.2) is 6.54 Å². The summed E-state index contributed by atoms with van der Waals surface area (Å²) in [6.45, 7) is 5.56. The summed E-state index contributed by atoms with van der Waals surface area (Å²) in [5.41, 5.74) is 5.98. The van der Waals surface area contributed by atoms with Gasteiger partial charge in [-0.3, -0.25) is 0 Å². The number of hydrogen-bond acceptors (Lipinski definition) is 1. The molecule has 1 fully saturated rings. The van der Waals surface area contributed by atoms with E-state index in [1.807, 2.05) is 0 Å². The molecule has 0 aromatic heterocycles. The van der Waals surface area contributed by atoms with Gasteiger partial charge in [-0.25, -0.2) is 0 Å². The predicted octanol–water partition coefficient (Wildman–Crippen LogP) is 4.75. The second-order valence-electron chi connectivity index (χ2n) is 6.14. The van der Waals surface area contributed by atoms with Crippen molar-refractivity contribution >= 4 is 0 Å². The SMILES string of the molecule is CCCCC(CC)CC(CN)CC1CCCC1. The summed E-state index contributed by atoms with van der Waals surface area (Å²) in [4.78, 5) is 0. The second kappa shape index (κ2) is 8.97. The van der Waals surface area contributed by atoms with Gasteiger partial charge >= 0.3 is 0 Å². The van der Waals surface area contributed by atoms with Crippen molar-refractivity contribution in [3.63, 3.8) is 0 Å². The van der Waals surface area contributed by atoms with Gasteiger partial charge in [0.15, 0.2) is 0 Å². The minimum Gasteiger partial charge on any atom is -0.330 e. The topological polar surface area (TPSA) is 26.0 Å². The lowest BCUT2D eigenvalue weighted by Gasteiger charge is -2.24. The fourth-order valence-electron chi connectivity index (χ4n) is 3.46. The highest BCUT2D eigenvalue weighted by Gasteiger charge is 2.21. The molecule has 102 valence electrons. The highest BCUT2D eigenvalue weighted by molar-refractivity contribution is 4.74. The first-order valence-corrected chi connectivity index (χ1v) is 8.00. The molecular formula is C16H33N. The van der Waals surface area contributed by atoms with E-state index >= 15 is 0 Å². The van der Waals surface area contributed by atoms with E-state index in [0.29, 0.717) is 0 Å². The highest BCUT2D eigenvalue weighted by Crippen LogP contribution is 2.33. The Labute approximate surface area is 109 Å². The summed E-state index contributed by atoms with van der Waals surface area (Å²) < 4.78 is 0. The van der Waals surface area contributed by atoms with Crippen molar-refractivity contribution in [2.24, 2.45) is 23.5 Å². The molecule has 0 heterocycles. The lowest BCUT2D eigenvalue weighted by atomic mass is 9.83. The van der Waals surface area contributed by atoms with Gasteiger partial charge in [0.25, 0.3) is 0 Å². The smallest absolute Gasteiger partial charge is 0.00487 e. The number of rotatable bonds is 9. The highest BCUT2D eigenvalue weighted by atomic mass is 14.5. The van der Waals surface area contributed by atoms with E-state index in [0.717, 1.165) is 24.3 Å². The third-order valence-corrected chi connectivity index (χ3v) is 4.68. The molecule has 0 aliphatic heterocycles. The van der Waals surface area contributed by atoms with Crippen LogP contribution in [0.1, 0.15) is 78.1 Å². The van der Waals surface area contributed by atoms with Gasteiger partial charge < -0.3 is 5.73 Å². The van der Waals surface area contributed by atoms with Crippen molar-refractivity contribution in [3.05, 3.63) is 0 Å². The molecule has 17 heavy (non-hydrogen) atoms. The number of nitrogens with two attached hydrogens (primary N) is 1. The van der Waals surface area contributed by atoms with Crippen LogP contribution in [0.2, 0.25) is 0 Å². The van der Waals surface area contributed by atoms with E-state index in [4.69, 9.17) is 5.73 Å². The molecule has 0 radical (unpaired) electrons. The summed E-state index contributed by atoms with van der Waals surface area (Å²) >= 11 is 0. The minimum absolute atomic E-state index is 0.805. The maximum atomic E-state index is 5.98. The Hall–Kier alpha value is -0.0400. The normalized spacial score (nSPS) is 20.6. The maximum absolute atomic E-state index is 5.98. The van der Waals surface area contributed by atoms with Crippen molar-refractivity contribution in [2.45, 2.75) is 78.1 Å². The van der Waals surface area contributed by atoms with E-state index in [2.05, 4.69) is 13.8 Å². The Morgan fingerprint density at radius 3 is 2.35 bits per heavy atom. The fraction of sp³-hybridized carbons (Fsp3) is 1.00. The minimum atomic E-state index is 0.805. The third kappa shape index (κ3) is 5.90. The second-order valence-corrected chi connectivity index (χ2v) is 6.14. The van der Waals surface area contributed by atoms with E-state index in [1.54, 1.807) is 0 Å². The molecular weight excluding hydrogens is 206 g/mol. The van der Waals surface area contributed by atoms with Gasteiger partial charge in [0.1, 0.15) is 0 Å². The standard InChI is InChI=1S/C16H33N/c1-3-5-8-14(4-2)11-16(13-17)12-15-9-6-7-10-15/h14-16H,3-13,17H2,1-2H3. The monoisotopic (exact) mass is 239 g/mol. The van der Waals surface area contributed by atoms with Crippen LogP contribution in [0.15, 0.2) is 0 Å². The van der Waals surface area contributed by atoms with Gasteiger partial charge in [-0.1, -0.05) is 65.2 Å². The summed E-state index contributed by atoms with van der Waals surface area (Å²) in [7, 11) is 0. The Kier molecular flexibility index (Phi) is 7.92. The Bertz CT molecular complexity index is 172. The summed E-state index contributed by atoms with van der Waals surface area (Å²) in [5, 5.41) is 0. The van der Waals surface area contributed by atoms with Crippen LogP contribution in [0.25, 0.3) is 0 Å². The van der Waals surface area contributed by atoms with Crippen molar-refractivity contribution in [2.75, 3.05) is 6.54 Å². The lowest BCUT2D eigenvalue weighted by molar-refractivity contribution is 0.291. The first-order chi connectivity index (χ1) is 8.30.